The summed E-state index contributed by atoms with van der Waals surface area (Å²) in [5.74, 6) is -0.775. The third kappa shape index (κ3) is 3.68. The molecule has 1 amide bonds. The SMILES string of the molecule is Cc1ccc(C(=O)NC2CCCNC2)c(F)c1.Cl. The summed E-state index contributed by atoms with van der Waals surface area (Å²) in [6.45, 7) is 3.56. The molecule has 0 spiro atoms. The van der Waals surface area contributed by atoms with E-state index in [2.05, 4.69) is 10.6 Å². The molecule has 1 aromatic carbocycles. The first-order valence-electron chi connectivity index (χ1n) is 5.94. The quantitative estimate of drug-likeness (QED) is 0.865. The minimum Gasteiger partial charge on any atom is -0.348 e. The molecule has 0 aromatic heterocycles. The highest BCUT2D eigenvalue weighted by Crippen LogP contribution is 2.11. The summed E-state index contributed by atoms with van der Waals surface area (Å²) in [6.07, 6.45) is 1.99. The first kappa shape index (κ1) is 14.9. The lowest BCUT2D eigenvalue weighted by molar-refractivity contribution is 0.0926. The smallest absolute Gasteiger partial charge is 0.254 e. The van der Waals surface area contributed by atoms with E-state index in [0.29, 0.717) is 0 Å². The van der Waals surface area contributed by atoms with Crippen molar-refractivity contribution in [2.45, 2.75) is 25.8 Å². The zero-order valence-corrected chi connectivity index (χ0v) is 11.1. The van der Waals surface area contributed by atoms with Crippen molar-refractivity contribution in [1.29, 1.82) is 0 Å². The second-order valence-corrected chi connectivity index (χ2v) is 4.50. The molecule has 0 saturated carbocycles. The average molecular weight is 273 g/mol. The Bertz CT molecular complexity index is 419. The van der Waals surface area contributed by atoms with Crippen molar-refractivity contribution in [3.63, 3.8) is 0 Å². The zero-order valence-electron chi connectivity index (χ0n) is 10.3. The van der Waals surface area contributed by atoms with Crippen LogP contribution in [-0.2, 0) is 0 Å². The van der Waals surface area contributed by atoms with Gasteiger partial charge in [-0.1, -0.05) is 6.07 Å². The molecule has 1 saturated heterocycles. The number of rotatable bonds is 2. The molecule has 1 unspecified atom stereocenters. The molecule has 1 fully saturated rings. The summed E-state index contributed by atoms with van der Waals surface area (Å²) in [5.41, 5.74) is 0.944. The number of carbonyl (C=O) groups excluding carboxylic acids is 1. The number of aryl methyl sites for hydroxylation is 1. The van der Waals surface area contributed by atoms with E-state index in [-0.39, 0.29) is 29.9 Å². The number of benzene rings is 1. The minimum absolute atomic E-state index is 0. The lowest BCUT2D eigenvalue weighted by atomic mass is 10.1. The number of carbonyl (C=O) groups is 1. The van der Waals surface area contributed by atoms with E-state index < -0.39 is 5.82 Å². The Balaban J connectivity index is 0.00000162. The Labute approximate surface area is 113 Å². The second kappa shape index (κ2) is 6.71. The van der Waals surface area contributed by atoms with Gasteiger partial charge in [0.2, 0.25) is 0 Å². The van der Waals surface area contributed by atoms with Crippen LogP contribution in [0, 0.1) is 12.7 Å². The van der Waals surface area contributed by atoms with Crippen LogP contribution in [0.1, 0.15) is 28.8 Å². The summed E-state index contributed by atoms with van der Waals surface area (Å²) >= 11 is 0. The van der Waals surface area contributed by atoms with Crippen LogP contribution in [0.15, 0.2) is 18.2 Å². The van der Waals surface area contributed by atoms with Crippen molar-refractivity contribution in [3.8, 4) is 0 Å². The Morgan fingerprint density at radius 3 is 2.89 bits per heavy atom. The highest BCUT2D eigenvalue weighted by Gasteiger charge is 2.18. The van der Waals surface area contributed by atoms with Gasteiger partial charge in [0.25, 0.3) is 5.91 Å². The van der Waals surface area contributed by atoms with Crippen LogP contribution in [-0.4, -0.2) is 25.0 Å². The standard InChI is InChI=1S/C13H17FN2O.ClH/c1-9-4-5-11(12(14)7-9)13(17)16-10-3-2-6-15-8-10;/h4-5,7,10,15H,2-3,6,8H2,1H3,(H,16,17);1H. The van der Waals surface area contributed by atoms with E-state index in [0.717, 1.165) is 31.5 Å². The maximum Gasteiger partial charge on any atom is 0.254 e. The van der Waals surface area contributed by atoms with Gasteiger partial charge in [0.1, 0.15) is 5.82 Å². The summed E-state index contributed by atoms with van der Waals surface area (Å²) in [5, 5.41) is 6.06. The number of nitrogens with one attached hydrogen (secondary N) is 2. The van der Waals surface area contributed by atoms with Gasteiger partial charge >= 0.3 is 0 Å². The zero-order chi connectivity index (χ0) is 12.3. The van der Waals surface area contributed by atoms with Crippen LogP contribution in [0.25, 0.3) is 0 Å². The van der Waals surface area contributed by atoms with Crippen molar-refractivity contribution in [2.24, 2.45) is 0 Å². The normalized spacial score (nSPS) is 18.9. The van der Waals surface area contributed by atoms with E-state index in [1.54, 1.807) is 13.0 Å². The number of hydrogen-bond acceptors (Lipinski definition) is 2. The van der Waals surface area contributed by atoms with Crippen molar-refractivity contribution in [1.82, 2.24) is 10.6 Å². The van der Waals surface area contributed by atoms with Gasteiger partial charge in [-0.2, -0.15) is 0 Å². The Morgan fingerprint density at radius 2 is 2.28 bits per heavy atom. The van der Waals surface area contributed by atoms with Crippen molar-refractivity contribution >= 4 is 18.3 Å². The molecule has 18 heavy (non-hydrogen) atoms. The van der Waals surface area contributed by atoms with Gasteiger partial charge in [-0.3, -0.25) is 4.79 Å². The summed E-state index contributed by atoms with van der Waals surface area (Å²) in [4.78, 5) is 11.9. The molecule has 1 aliphatic heterocycles. The first-order chi connectivity index (χ1) is 8.16. The third-order valence-electron chi connectivity index (χ3n) is 3.00. The largest absolute Gasteiger partial charge is 0.348 e. The van der Waals surface area contributed by atoms with Crippen LogP contribution in [0.4, 0.5) is 4.39 Å². The predicted octanol–water partition coefficient (Wildman–Crippen LogP) is 2.04. The molecular weight excluding hydrogens is 255 g/mol. The van der Waals surface area contributed by atoms with Gasteiger partial charge < -0.3 is 10.6 Å². The van der Waals surface area contributed by atoms with Crippen LogP contribution in [0.5, 0.6) is 0 Å². The average Bonchev–Trinajstić information content (AvgIpc) is 2.30. The molecule has 0 bridgehead atoms. The summed E-state index contributed by atoms with van der Waals surface area (Å²) in [6, 6.07) is 4.78. The molecule has 1 aliphatic rings. The lowest BCUT2D eigenvalue weighted by Gasteiger charge is -2.23. The third-order valence-corrected chi connectivity index (χ3v) is 3.00. The predicted molar refractivity (Wildman–Crippen MR) is 71.7 cm³/mol. The summed E-state index contributed by atoms with van der Waals surface area (Å²) < 4.78 is 13.6. The van der Waals surface area contributed by atoms with Crippen LogP contribution >= 0.6 is 12.4 Å². The Hall–Kier alpha value is -1.13. The maximum atomic E-state index is 13.6. The monoisotopic (exact) mass is 272 g/mol. The number of hydrogen-bond donors (Lipinski definition) is 2. The topological polar surface area (TPSA) is 41.1 Å². The highest BCUT2D eigenvalue weighted by molar-refractivity contribution is 5.94. The van der Waals surface area contributed by atoms with E-state index in [1.165, 1.54) is 12.1 Å². The number of amides is 1. The van der Waals surface area contributed by atoms with E-state index in [9.17, 15) is 9.18 Å². The van der Waals surface area contributed by atoms with Gasteiger partial charge in [0.05, 0.1) is 5.56 Å². The van der Waals surface area contributed by atoms with Gasteiger partial charge in [0, 0.05) is 12.6 Å². The van der Waals surface area contributed by atoms with E-state index in [1.807, 2.05) is 0 Å². The highest BCUT2D eigenvalue weighted by atomic mass is 35.5. The van der Waals surface area contributed by atoms with Gasteiger partial charge in [-0.05, 0) is 44.0 Å². The van der Waals surface area contributed by atoms with Crippen molar-refractivity contribution in [3.05, 3.63) is 35.1 Å². The number of piperidine rings is 1. The van der Waals surface area contributed by atoms with Crippen molar-refractivity contribution in [2.75, 3.05) is 13.1 Å². The molecule has 1 atom stereocenters. The molecule has 2 N–H and O–H groups in total. The molecule has 1 heterocycles. The second-order valence-electron chi connectivity index (χ2n) is 4.50. The maximum absolute atomic E-state index is 13.6. The van der Waals surface area contributed by atoms with Crippen LogP contribution in [0.3, 0.4) is 0 Å². The first-order valence-corrected chi connectivity index (χ1v) is 5.94. The molecule has 5 heteroatoms. The molecule has 0 aliphatic carbocycles. The molecule has 0 radical (unpaired) electrons. The fourth-order valence-corrected chi connectivity index (χ4v) is 2.04. The van der Waals surface area contributed by atoms with Gasteiger partial charge in [-0.25, -0.2) is 4.39 Å². The van der Waals surface area contributed by atoms with E-state index in [4.69, 9.17) is 0 Å². The van der Waals surface area contributed by atoms with Crippen LogP contribution < -0.4 is 10.6 Å². The molecule has 2 rings (SSSR count). The van der Waals surface area contributed by atoms with Gasteiger partial charge in [0.15, 0.2) is 0 Å². The molecule has 3 nitrogen and oxygen atoms in total. The fourth-order valence-electron chi connectivity index (χ4n) is 2.04. The molecule has 100 valence electrons. The molecule has 1 aromatic rings. The summed E-state index contributed by atoms with van der Waals surface area (Å²) in [7, 11) is 0. The van der Waals surface area contributed by atoms with Gasteiger partial charge in [-0.15, -0.1) is 12.4 Å². The Kier molecular flexibility index (Phi) is 5.56. The van der Waals surface area contributed by atoms with Crippen LogP contribution in [0.2, 0.25) is 0 Å². The lowest BCUT2D eigenvalue weighted by Crippen LogP contribution is -2.45. The fraction of sp³-hybridized carbons (Fsp3) is 0.462. The molecular formula is C13H18ClFN2O. The number of halogens is 2. The Morgan fingerprint density at radius 1 is 1.50 bits per heavy atom. The minimum atomic E-state index is -0.453. The van der Waals surface area contributed by atoms with Crippen molar-refractivity contribution < 1.29 is 9.18 Å². The van der Waals surface area contributed by atoms with E-state index >= 15 is 0 Å².